The molecule has 0 unspecified atom stereocenters. The van der Waals surface area contributed by atoms with Crippen molar-refractivity contribution in [3.63, 3.8) is 0 Å². The molecule has 3 heterocycles. The second-order valence-corrected chi connectivity index (χ2v) is 6.65. The summed E-state index contributed by atoms with van der Waals surface area (Å²) < 4.78 is 4.89. The van der Waals surface area contributed by atoms with Crippen LogP contribution < -0.4 is 0 Å². The predicted octanol–water partition coefficient (Wildman–Crippen LogP) is 2.89. The third-order valence-electron chi connectivity index (χ3n) is 4.37. The lowest BCUT2D eigenvalue weighted by atomic mass is 10.00. The number of methoxy groups -OCH3 is 1. The maximum Gasteiger partial charge on any atom is 0.345 e. The Kier molecular flexibility index (Phi) is 3.74. The van der Waals surface area contributed by atoms with E-state index in [9.17, 15) is 9.59 Å². The number of fused-ring (bicyclic) bond motifs is 4. The Bertz CT molecular complexity index is 776. The first-order chi connectivity index (χ1) is 11.7. The van der Waals surface area contributed by atoms with Gasteiger partial charge in [0.25, 0.3) is 0 Å². The second kappa shape index (κ2) is 5.92. The molecule has 1 saturated heterocycles. The topological polar surface area (TPSA) is 59.1 Å². The van der Waals surface area contributed by atoms with Crippen molar-refractivity contribution < 1.29 is 19.2 Å². The molecule has 2 aliphatic heterocycles. The van der Waals surface area contributed by atoms with Gasteiger partial charge < -0.3 is 9.64 Å². The Labute approximate surface area is 143 Å². The van der Waals surface area contributed by atoms with Gasteiger partial charge in [0, 0.05) is 4.88 Å². The third kappa shape index (κ3) is 2.28. The molecule has 1 aromatic carbocycles. The van der Waals surface area contributed by atoms with Crippen molar-refractivity contribution in [2.45, 2.75) is 18.7 Å². The molecule has 6 nitrogen and oxygen atoms in total. The number of benzene rings is 1. The van der Waals surface area contributed by atoms with Gasteiger partial charge >= 0.3 is 12.0 Å². The average Bonchev–Trinajstić information content (AvgIpc) is 3.20. The number of hydrogen-bond donors (Lipinski definition) is 0. The van der Waals surface area contributed by atoms with Crippen LogP contribution in [0.4, 0.5) is 4.79 Å². The zero-order chi connectivity index (χ0) is 16.7. The molecule has 24 heavy (non-hydrogen) atoms. The first kappa shape index (κ1) is 15.2. The van der Waals surface area contributed by atoms with Crippen LogP contribution in [0.3, 0.4) is 0 Å². The van der Waals surface area contributed by atoms with Gasteiger partial charge in [-0.05, 0) is 22.6 Å². The lowest BCUT2D eigenvalue weighted by Crippen LogP contribution is -2.38. The molecule has 0 N–H and O–H groups in total. The van der Waals surface area contributed by atoms with Crippen molar-refractivity contribution in [1.29, 1.82) is 0 Å². The molecule has 0 radical (unpaired) electrons. The lowest BCUT2D eigenvalue weighted by Gasteiger charge is -2.28. The predicted molar refractivity (Wildman–Crippen MR) is 87.0 cm³/mol. The van der Waals surface area contributed by atoms with Crippen molar-refractivity contribution in [2.75, 3.05) is 13.7 Å². The number of rotatable bonds is 4. The maximum atomic E-state index is 12.7. The van der Waals surface area contributed by atoms with E-state index in [4.69, 9.17) is 9.57 Å². The monoisotopic (exact) mass is 344 g/mol. The summed E-state index contributed by atoms with van der Waals surface area (Å²) in [6.07, 6.45) is 0. The molecule has 1 aromatic heterocycles. The highest BCUT2D eigenvalue weighted by molar-refractivity contribution is 7.10. The molecule has 0 aliphatic carbocycles. The van der Waals surface area contributed by atoms with Crippen molar-refractivity contribution in [2.24, 2.45) is 0 Å². The van der Waals surface area contributed by atoms with Crippen LogP contribution in [0.25, 0.3) is 0 Å². The number of hydrogen-bond acceptors (Lipinski definition) is 5. The Morgan fingerprint density at radius 1 is 1.29 bits per heavy atom. The summed E-state index contributed by atoms with van der Waals surface area (Å²) >= 11 is 1.47. The van der Waals surface area contributed by atoms with Crippen LogP contribution in [0.15, 0.2) is 41.8 Å². The van der Waals surface area contributed by atoms with Crippen LogP contribution in [0.2, 0.25) is 0 Å². The normalized spacial score (nSPS) is 21.8. The molecule has 7 heteroatoms. The fourth-order valence-corrected chi connectivity index (χ4v) is 4.27. The first-order valence-corrected chi connectivity index (χ1v) is 8.50. The quantitative estimate of drug-likeness (QED) is 0.800. The molecule has 2 amide bonds. The largest absolute Gasteiger partial charge is 0.467 e. The Morgan fingerprint density at radius 3 is 2.83 bits per heavy atom. The number of thiophene rings is 1. The maximum absolute atomic E-state index is 12.7. The Balaban J connectivity index is 1.61. The minimum Gasteiger partial charge on any atom is -0.467 e. The second-order valence-electron chi connectivity index (χ2n) is 5.70. The van der Waals surface area contributed by atoms with Gasteiger partial charge in [-0.2, -0.15) is 5.06 Å². The average molecular weight is 344 g/mol. The number of nitrogens with zero attached hydrogens (tertiary/aromatic N) is 2. The van der Waals surface area contributed by atoms with Crippen molar-refractivity contribution in [3.8, 4) is 0 Å². The smallest absolute Gasteiger partial charge is 0.345 e. The number of ether oxygens (including phenoxy) is 1. The van der Waals surface area contributed by atoms with Gasteiger partial charge in [-0.1, -0.05) is 30.3 Å². The van der Waals surface area contributed by atoms with E-state index in [-0.39, 0.29) is 12.1 Å². The Morgan fingerprint density at radius 2 is 2.08 bits per heavy atom. The van der Waals surface area contributed by atoms with E-state index in [0.717, 1.165) is 16.0 Å². The lowest BCUT2D eigenvalue weighted by molar-refractivity contribution is -0.146. The number of urea groups is 1. The Hall–Kier alpha value is -2.38. The van der Waals surface area contributed by atoms with Crippen LogP contribution in [0.1, 0.15) is 28.1 Å². The fourth-order valence-electron chi connectivity index (χ4n) is 3.22. The van der Waals surface area contributed by atoms with Gasteiger partial charge in [-0.25, -0.2) is 9.59 Å². The summed E-state index contributed by atoms with van der Waals surface area (Å²) in [5, 5.41) is 3.32. The summed E-state index contributed by atoms with van der Waals surface area (Å²) in [5.74, 6) is -0.421. The molecule has 2 aliphatic rings. The third-order valence-corrected chi connectivity index (χ3v) is 5.36. The van der Waals surface area contributed by atoms with E-state index in [1.807, 2.05) is 41.8 Å². The number of esters is 1. The van der Waals surface area contributed by atoms with Gasteiger partial charge in [0.15, 0.2) is 6.04 Å². The van der Waals surface area contributed by atoms with E-state index in [1.54, 1.807) is 0 Å². The minimum absolute atomic E-state index is 0.191. The molecule has 0 spiro atoms. The summed E-state index contributed by atoms with van der Waals surface area (Å²) in [7, 11) is 1.34. The molecular weight excluding hydrogens is 328 g/mol. The molecule has 124 valence electrons. The van der Waals surface area contributed by atoms with Gasteiger partial charge in [0.2, 0.25) is 0 Å². The van der Waals surface area contributed by atoms with E-state index in [0.29, 0.717) is 13.2 Å². The minimum atomic E-state index is -0.681. The summed E-state index contributed by atoms with van der Waals surface area (Å²) in [6, 6.07) is 10.5. The summed E-state index contributed by atoms with van der Waals surface area (Å²) in [6.45, 7) is 0.733. The molecule has 0 saturated carbocycles. The highest BCUT2D eigenvalue weighted by atomic mass is 32.1. The van der Waals surface area contributed by atoms with Gasteiger partial charge in [0.05, 0.1) is 13.7 Å². The summed E-state index contributed by atoms with van der Waals surface area (Å²) in [5.41, 5.74) is 1.95. The highest BCUT2D eigenvalue weighted by Gasteiger charge is 2.52. The van der Waals surface area contributed by atoms with E-state index in [2.05, 4.69) is 0 Å². The van der Waals surface area contributed by atoms with E-state index in [1.165, 1.54) is 28.4 Å². The van der Waals surface area contributed by atoms with E-state index >= 15 is 0 Å². The summed E-state index contributed by atoms with van der Waals surface area (Å²) in [4.78, 5) is 33.1. The van der Waals surface area contributed by atoms with Crippen molar-refractivity contribution in [3.05, 3.63) is 57.8 Å². The van der Waals surface area contributed by atoms with Crippen LogP contribution in [-0.2, 0) is 21.0 Å². The van der Waals surface area contributed by atoms with Crippen LogP contribution in [0, 0.1) is 0 Å². The molecule has 2 atom stereocenters. The fraction of sp³-hybridized carbons (Fsp3) is 0.294. The van der Waals surface area contributed by atoms with Crippen LogP contribution in [0.5, 0.6) is 0 Å². The highest BCUT2D eigenvalue weighted by Crippen LogP contribution is 2.46. The number of hydroxylamine groups is 2. The van der Waals surface area contributed by atoms with Crippen molar-refractivity contribution in [1.82, 2.24) is 9.96 Å². The van der Waals surface area contributed by atoms with Crippen molar-refractivity contribution >= 4 is 23.3 Å². The molecule has 2 bridgehead atoms. The van der Waals surface area contributed by atoms with Crippen LogP contribution in [-0.4, -0.2) is 35.6 Å². The first-order valence-electron chi connectivity index (χ1n) is 7.62. The molecular formula is C17H16N2O4S. The molecule has 2 aromatic rings. The standard InChI is InChI=1S/C17H16N2O4S/c1-22-16(20)14-15-12(7-8-24-15)13-9-18(14)17(21)19(13)23-10-11-5-3-2-4-6-11/h2-8,13-14H,9-10H2,1H3/t13-,14+/m1/s1. The SMILES string of the molecule is COC(=O)[C@@H]1c2sccc2[C@H]2CN1C(=O)N2OCc1ccccc1. The van der Waals surface area contributed by atoms with Gasteiger partial charge in [-0.3, -0.25) is 4.84 Å². The van der Waals surface area contributed by atoms with Gasteiger partial charge in [0.1, 0.15) is 12.6 Å². The molecule has 1 fully saturated rings. The number of amides is 2. The molecule has 4 rings (SSSR count). The van der Waals surface area contributed by atoms with Crippen LogP contribution >= 0.6 is 11.3 Å². The number of carbonyl (C=O) groups excluding carboxylic acids is 2. The number of carbonyl (C=O) groups is 2. The zero-order valence-electron chi connectivity index (χ0n) is 13.0. The van der Waals surface area contributed by atoms with E-state index < -0.39 is 12.0 Å². The zero-order valence-corrected chi connectivity index (χ0v) is 13.9. The van der Waals surface area contributed by atoms with Gasteiger partial charge in [-0.15, -0.1) is 11.3 Å².